The van der Waals surface area contributed by atoms with E-state index in [1.807, 2.05) is 0 Å². The van der Waals surface area contributed by atoms with Crippen molar-refractivity contribution in [2.75, 3.05) is 5.32 Å². The number of thiazole rings is 1. The van der Waals surface area contributed by atoms with Gasteiger partial charge in [-0.25, -0.2) is 9.97 Å². The van der Waals surface area contributed by atoms with Gasteiger partial charge in [0, 0.05) is 17.5 Å². The minimum absolute atomic E-state index is 0.275. The summed E-state index contributed by atoms with van der Waals surface area (Å²) in [6, 6.07) is 10.1. The summed E-state index contributed by atoms with van der Waals surface area (Å²) in [6.07, 6.45) is -2.31. The van der Waals surface area contributed by atoms with Crippen LogP contribution in [0.3, 0.4) is 0 Å². The molecule has 0 saturated heterocycles. The number of nitrogens with one attached hydrogen (secondary N) is 1. The molecule has 0 radical (unpaired) electrons. The van der Waals surface area contributed by atoms with Crippen molar-refractivity contribution in [2.45, 2.75) is 12.6 Å². The largest absolute Gasteiger partial charge is 0.416 e. The molecule has 134 valence electrons. The number of anilines is 1. The van der Waals surface area contributed by atoms with Gasteiger partial charge in [0.2, 0.25) is 0 Å². The molecule has 4 nitrogen and oxygen atoms in total. The van der Waals surface area contributed by atoms with E-state index < -0.39 is 11.7 Å². The van der Waals surface area contributed by atoms with Crippen LogP contribution in [0, 0.1) is 0 Å². The summed E-state index contributed by atoms with van der Waals surface area (Å²) in [5.74, 6) is -0.371. The quantitative estimate of drug-likeness (QED) is 0.682. The first-order valence-electron chi connectivity index (χ1n) is 7.46. The van der Waals surface area contributed by atoms with Crippen molar-refractivity contribution in [2.24, 2.45) is 0 Å². The molecule has 0 bridgehead atoms. The number of carbonyl (C=O) groups is 1. The lowest BCUT2D eigenvalue weighted by Crippen LogP contribution is -2.16. The van der Waals surface area contributed by atoms with Crippen molar-refractivity contribution in [1.29, 1.82) is 0 Å². The Bertz CT molecular complexity index is 926. The van der Waals surface area contributed by atoms with Crippen molar-refractivity contribution in [3.63, 3.8) is 0 Å². The van der Waals surface area contributed by atoms with Gasteiger partial charge in [-0.1, -0.05) is 27.4 Å². The maximum Gasteiger partial charge on any atom is 0.416 e. The van der Waals surface area contributed by atoms with Gasteiger partial charge in [0.15, 0.2) is 5.13 Å². The average molecular weight is 395 g/mol. The molecule has 1 unspecified atom stereocenters. The monoisotopic (exact) mass is 395 g/mol. The molecule has 0 saturated carbocycles. The first kappa shape index (κ1) is 18.5. The molecule has 3 aromatic rings. The lowest BCUT2D eigenvalue weighted by Gasteiger charge is -2.06. The summed E-state index contributed by atoms with van der Waals surface area (Å²) in [5.41, 5.74) is 0.982. The van der Waals surface area contributed by atoms with E-state index >= 15 is 0 Å². The van der Waals surface area contributed by atoms with Crippen LogP contribution in [0.1, 0.15) is 26.5 Å². The topological polar surface area (TPSA) is 54.9 Å². The van der Waals surface area contributed by atoms with Crippen LogP contribution in [-0.4, -0.2) is 15.9 Å². The van der Waals surface area contributed by atoms with Gasteiger partial charge in [-0.05, 0) is 29.8 Å². The fourth-order valence-corrected chi connectivity index (χ4v) is 3.29. The van der Waals surface area contributed by atoms with Crippen molar-refractivity contribution in [1.82, 2.24) is 9.97 Å². The van der Waals surface area contributed by atoms with Gasteiger partial charge in [-0.2, -0.15) is 13.2 Å². The maximum atomic E-state index is 12.6. The number of alkyl halides is 3. The first-order chi connectivity index (χ1) is 12.3. The third-order valence-corrected chi connectivity index (χ3v) is 4.67. The highest BCUT2D eigenvalue weighted by Gasteiger charge is 2.29. The highest BCUT2D eigenvalue weighted by atomic mass is 32.1. The van der Waals surface area contributed by atoms with Crippen LogP contribution >= 0.6 is 20.6 Å². The summed E-state index contributed by atoms with van der Waals surface area (Å²) in [7, 11) is 2.42. The van der Waals surface area contributed by atoms with E-state index in [9.17, 15) is 18.0 Å². The summed E-state index contributed by atoms with van der Waals surface area (Å²) in [4.78, 5) is 21.2. The summed E-state index contributed by atoms with van der Waals surface area (Å²) in [5, 5.41) is 3.08. The number of rotatable bonds is 4. The van der Waals surface area contributed by atoms with Crippen LogP contribution in [0.5, 0.6) is 0 Å². The predicted octanol–water partition coefficient (Wildman–Crippen LogP) is 3.90. The normalized spacial score (nSPS) is 11.4. The van der Waals surface area contributed by atoms with Crippen molar-refractivity contribution in [3.8, 4) is 0 Å². The van der Waals surface area contributed by atoms with Gasteiger partial charge in [0.05, 0.1) is 11.0 Å². The highest BCUT2D eigenvalue weighted by Crippen LogP contribution is 2.30. The molecule has 1 amide bonds. The lowest BCUT2D eigenvalue weighted by atomic mass is 10.1. The van der Waals surface area contributed by atoms with Crippen LogP contribution in [0.15, 0.2) is 48.7 Å². The molecule has 2 aromatic heterocycles. The zero-order valence-electron chi connectivity index (χ0n) is 13.2. The maximum absolute atomic E-state index is 12.6. The van der Waals surface area contributed by atoms with E-state index in [4.69, 9.17) is 0 Å². The van der Waals surface area contributed by atoms with E-state index in [2.05, 4.69) is 24.5 Å². The lowest BCUT2D eigenvalue weighted by molar-refractivity contribution is -0.137. The molecule has 0 fully saturated rings. The minimum Gasteiger partial charge on any atom is -0.296 e. The zero-order valence-corrected chi connectivity index (χ0v) is 15.2. The molecule has 0 aliphatic heterocycles. The Balaban J connectivity index is 1.65. The molecule has 0 spiro atoms. The number of aromatic nitrogens is 2. The molecule has 0 aliphatic rings. The molecule has 1 N–H and O–H groups in total. The molecule has 1 aromatic carbocycles. The van der Waals surface area contributed by atoms with Gasteiger partial charge in [-0.15, -0.1) is 11.3 Å². The first-order valence-corrected chi connectivity index (χ1v) is 8.85. The Morgan fingerprint density at radius 2 is 1.88 bits per heavy atom. The Morgan fingerprint density at radius 1 is 1.15 bits per heavy atom. The molecular formula is C17H13F3N3OPS. The molecular weight excluding hydrogens is 382 g/mol. The van der Waals surface area contributed by atoms with Crippen LogP contribution in [0.4, 0.5) is 18.3 Å². The summed E-state index contributed by atoms with van der Waals surface area (Å²) >= 11 is 1.27. The highest BCUT2D eigenvalue weighted by molar-refractivity contribution is 7.26. The van der Waals surface area contributed by atoms with Crippen LogP contribution in [0.25, 0.3) is 0 Å². The minimum atomic E-state index is -4.34. The summed E-state index contributed by atoms with van der Waals surface area (Å²) < 4.78 is 37.7. The number of hydrogen-bond donors (Lipinski definition) is 1. The Morgan fingerprint density at radius 3 is 2.54 bits per heavy atom. The fraction of sp³-hybridized carbons (Fsp3) is 0.118. The molecule has 3 rings (SSSR count). The Labute approximate surface area is 153 Å². The van der Waals surface area contributed by atoms with E-state index in [-0.39, 0.29) is 11.6 Å². The Kier molecular flexibility index (Phi) is 5.34. The fourth-order valence-electron chi connectivity index (χ4n) is 2.20. The number of nitrogens with zero attached hydrogens (tertiary/aromatic N) is 2. The second kappa shape index (κ2) is 7.51. The predicted molar refractivity (Wildman–Crippen MR) is 97.9 cm³/mol. The molecule has 9 heteroatoms. The van der Waals surface area contributed by atoms with Gasteiger partial charge in [-0.3, -0.25) is 10.1 Å². The van der Waals surface area contributed by atoms with E-state index in [0.717, 1.165) is 22.6 Å². The summed E-state index contributed by atoms with van der Waals surface area (Å²) in [6.45, 7) is 0. The number of carbonyl (C=O) groups excluding carboxylic acids is 1. The van der Waals surface area contributed by atoms with E-state index in [0.29, 0.717) is 17.0 Å². The SMILES string of the molecule is O=C(Nc1ncc(Cc2ccc(C(F)(F)F)cc2)s1)c1cccc(P)n1. The average Bonchev–Trinajstić information content (AvgIpc) is 3.01. The van der Waals surface area contributed by atoms with Gasteiger partial charge in [0.1, 0.15) is 5.69 Å². The number of amides is 1. The van der Waals surface area contributed by atoms with Gasteiger partial charge < -0.3 is 0 Å². The third kappa shape index (κ3) is 4.65. The van der Waals surface area contributed by atoms with Crippen LogP contribution < -0.4 is 10.8 Å². The number of hydrogen-bond acceptors (Lipinski definition) is 4. The standard InChI is InChI=1S/C17H13F3N3OPS/c18-17(19,20)11-6-4-10(5-7-11)8-12-9-21-16(26-12)23-15(24)13-2-1-3-14(25)22-13/h1-7,9H,8,25H2,(H,21,23,24). The van der Waals surface area contributed by atoms with Crippen molar-refractivity contribution in [3.05, 3.63) is 70.4 Å². The molecule has 2 heterocycles. The van der Waals surface area contributed by atoms with E-state index in [1.54, 1.807) is 24.4 Å². The second-order valence-electron chi connectivity index (χ2n) is 5.41. The smallest absolute Gasteiger partial charge is 0.296 e. The third-order valence-electron chi connectivity index (χ3n) is 3.44. The van der Waals surface area contributed by atoms with E-state index in [1.165, 1.54) is 23.5 Å². The number of halogens is 3. The molecule has 1 atom stereocenters. The second-order valence-corrected chi connectivity index (χ2v) is 7.11. The van der Waals surface area contributed by atoms with Crippen LogP contribution in [-0.2, 0) is 12.6 Å². The van der Waals surface area contributed by atoms with Crippen molar-refractivity contribution < 1.29 is 18.0 Å². The van der Waals surface area contributed by atoms with Crippen molar-refractivity contribution >= 4 is 37.1 Å². The number of pyridine rings is 1. The Hall–Kier alpha value is -2.31. The number of benzene rings is 1. The van der Waals surface area contributed by atoms with Gasteiger partial charge >= 0.3 is 6.18 Å². The molecule has 0 aliphatic carbocycles. The zero-order chi connectivity index (χ0) is 18.7. The molecule has 26 heavy (non-hydrogen) atoms. The van der Waals surface area contributed by atoms with Crippen LogP contribution in [0.2, 0.25) is 0 Å². The van der Waals surface area contributed by atoms with Gasteiger partial charge in [0.25, 0.3) is 5.91 Å².